The van der Waals surface area contributed by atoms with Crippen LogP contribution < -0.4 is 28.4 Å². The van der Waals surface area contributed by atoms with Gasteiger partial charge in [-0.2, -0.15) is 5.26 Å². The molecule has 0 bridgehead atoms. The maximum atomic E-state index is 15.4. The Labute approximate surface area is 543 Å². The summed E-state index contributed by atoms with van der Waals surface area (Å²) in [5, 5.41) is 10.1. The quantitative estimate of drug-likeness (QED) is 0.0205. The van der Waals surface area contributed by atoms with Crippen molar-refractivity contribution in [3.63, 3.8) is 0 Å². The zero-order valence-electron chi connectivity index (χ0n) is 53.9. The molecule has 0 spiro atoms. The summed E-state index contributed by atoms with van der Waals surface area (Å²) in [6.45, 7) is 5.85. The zero-order valence-corrected chi connectivity index (χ0v) is 53.9. The Bertz CT molecular complexity index is 3200. The SMILES string of the molecule is CCCCCCCCCCCCCCCCOc1ccc(-c2ccc(C(=O)Oc3ccc(C(=O)Oc4cccc(OC(=O)c5ccc(OC(=O)c6ccc(-c7ccc(OCCCCCCCCCCCCCCCC)cc7)cc6)c(F)c5)c4C#N)cc3F)cc2)cc1. The number of hydrogen-bond acceptors (Lipinski definition) is 11. The highest BCUT2D eigenvalue weighted by atomic mass is 19.1. The summed E-state index contributed by atoms with van der Waals surface area (Å²) in [4.78, 5) is 52.8. The highest BCUT2D eigenvalue weighted by Gasteiger charge is 2.22. The smallest absolute Gasteiger partial charge is 0.343 e. The summed E-state index contributed by atoms with van der Waals surface area (Å²) in [5.74, 6) is -5.80. The molecule has 0 aliphatic rings. The summed E-state index contributed by atoms with van der Waals surface area (Å²) >= 11 is 0. The molecular formula is C79H91F2NO10. The predicted octanol–water partition coefficient (Wildman–Crippen LogP) is 21.8. The molecule has 92 heavy (non-hydrogen) atoms. The van der Waals surface area contributed by atoms with Crippen LogP contribution in [0.4, 0.5) is 8.78 Å². The summed E-state index contributed by atoms with van der Waals surface area (Å²) in [5.41, 5.74) is 2.96. The van der Waals surface area contributed by atoms with Crippen molar-refractivity contribution in [3.8, 4) is 62.8 Å². The fraction of sp³-hybridized carbons (Fsp3) is 0.405. The van der Waals surface area contributed by atoms with Gasteiger partial charge in [-0.1, -0.05) is 235 Å². The average molecular weight is 1250 g/mol. The van der Waals surface area contributed by atoms with E-state index in [4.69, 9.17) is 28.4 Å². The molecule has 7 aromatic carbocycles. The predicted molar refractivity (Wildman–Crippen MR) is 359 cm³/mol. The van der Waals surface area contributed by atoms with E-state index in [1.807, 2.05) is 54.6 Å². The second kappa shape index (κ2) is 40.3. The molecule has 0 heterocycles. The maximum absolute atomic E-state index is 15.4. The molecule has 7 aromatic rings. The van der Waals surface area contributed by atoms with Crippen molar-refractivity contribution in [2.75, 3.05) is 13.2 Å². The number of ether oxygens (including phenoxy) is 6. The Kier molecular flexibility index (Phi) is 31.0. The van der Waals surface area contributed by atoms with Crippen LogP contribution in [0.5, 0.6) is 34.5 Å². The number of unbranched alkanes of at least 4 members (excludes halogenated alkanes) is 26. The van der Waals surface area contributed by atoms with Crippen molar-refractivity contribution in [3.05, 3.63) is 191 Å². The van der Waals surface area contributed by atoms with E-state index in [0.717, 1.165) is 83.7 Å². The van der Waals surface area contributed by atoms with Crippen LogP contribution in [0.1, 0.15) is 241 Å². The average Bonchev–Trinajstić information content (AvgIpc) is 1.04. The third-order valence-corrected chi connectivity index (χ3v) is 16.4. The fourth-order valence-electron chi connectivity index (χ4n) is 10.9. The van der Waals surface area contributed by atoms with Crippen molar-refractivity contribution in [2.45, 2.75) is 194 Å². The summed E-state index contributed by atoms with van der Waals surface area (Å²) in [7, 11) is 0. The molecule has 7 rings (SSSR count). The summed E-state index contributed by atoms with van der Waals surface area (Å²) in [6.07, 6.45) is 36.5. The topological polar surface area (TPSA) is 147 Å². The van der Waals surface area contributed by atoms with Crippen LogP contribution >= 0.6 is 0 Å². The molecular weight excluding hydrogens is 1160 g/mol. The standard InChI is InChI=1S/C79H91F2NO10/c1-3-5-7-9-11-13-15-17-19-21-23-25-27-29-54-87-67-48-42-61(43-49-67)59-34-38-63(39-35-59)76(83)91-74-52-46-65(56-70(74)80)78(85)89-72-32-31-33-73(69(72)58-82)90-79(86)66-47-53-75(71(81)57-66)92-77(84)64-40-36-60(37-41-64)62-44-50-68(51-45-62)88-55-30-28-26-24-22-20-18-16-14-12-10-8-6-4-2/h31-53,56-57H,3-30,54-55H2,1-2H3. The van der Waals surface area contributed by atoms with Crippen molar-refractivity contribution in [1.82, 2.24) is 0 Å². The number of nitriles is 1. The van der Waals surface area contributed by atoms with Crippen molar-refractivity contribution in [1.29, 1.82) is 5.26 Å². The van der Waals surface area contributed by atoms with Gasteiger partial charge in [0.05, 0.1) is 35.5 Å². The lowest BCUT2D eigenvalue weighted by atomic mass is 10.0. The molecule has 486 valence electrons. The normalized spacial score (nSPS) is 11.0. The fourth-order valence-corrected chi connectivity index (χ4v) is 10.9. The molecule has 0 aliphatic heterocycles. The van der Waals surface area contributed by atoms with Crippen molar-refractivity contribution in [2.24, 2.45) is 0 Å². The van der Waals surface area contributed by atoms with Gasteiger partial charge >= 0.3 is 23.9 Å². The highest BCUT2D eigenvalue weighted by Crippen LogP contribution is 2.32. The Balaban J connectivity index is 0.796. The lowest BCUT2D eigenvalue weighted by Crippen LogP contribution is -2.14. The largest absolute Gasteiger partial charge is 0.494 e. The number of benzene rings is 7. The van der Waals surface area contributed by atoms with Gasteiger partial charge in [0, 0.05) is 0 Å². The lowest BCUT2D eigenvalue weighted by molar-refractivity contribution is 0.0716. The zero-order chi connectivity index (χ0) is 65.0. The van der Waals surface area contributed by atoms with Gasteiger partial charge in [-0.05, 0) is 132 Å². The number of nitrogens with zero attached hydrogens (tertiary/aromatic N) is 1. The molecule has 0 aliphatic carbocycles. The Hall–Kier alpha value is -8.63. The number of rotatable bonds is 42. The molecule has 0 saturated carbocycles. The van der Waals surface area contributed by atoms with E-state index < -0.39 is 47.0 Å². The Morgan fingerprint density at radius 1 is 0.326 bits per heavy atom. The Morgan fingerprint density at radius 3 is 0.880 bits per heavy atom. The summed E-state index contributed by atoms with van der Waals surface area (Å²) < 4.78 is 64.4. The lowest BCUT2D eigenvalue weighted by Gasteiger charge is -2.12. The monoisotopic (exact) mass is 1250 g/mol. The number of carbonyl (C=O) groups excluding carboxylic acids is 4. The third kappa shape index (κ3) is 24.2. The summed E-state index contributed by atoms with van der Waals surface area (Å²) in [6, 6.07) is 40.8. The van der Waals surface area contributed by atoms with Gasteiger partial charge in [-0.25, -0.2) is 28.0 Å². The molecule has 0 atom stereocenters. The van der Waals surface area contributed by atoms with Crippen molar-refractivity contribution < 1.29 is 56.4 Å². The molecule has 0 unspecified atom stereocenters. The molecule has 13 heteroatoms. The van der Waals surface area contributed by atoms with Crippen LogP contribution in [0.3, 0.4) is 0 Å². The molecule has 0 radical (unpaired) electrons. The minimum Gasteiger partial charge on any atom is -0.494 e. The molecule has 0 amide bonds. The van der Waals surface area contributed by atoms with Gasteiger partial charge in [0.15, 0.2) is 34.6 Å². The van der Waals surface area contributed by atoms with Gasteiger partial charge < -0.3 is 28.4 Å². The van der Waals surface area contributed by atoms with E-state index >= 15 is 8.78 Å². The van der Waals surface area contributed by atoms with Gasteiger partial charge in [-0.3, -0.25) is 0 Å². The Morgan fingerprint density at radius 2 is 0.587 bits per heavy atom. The molecule has 11 nitrogen and oxygen atoms in total. The van der Waals surface area contributed by atoms with Crippen LogP contribution in [0.15, 0.2) is 152 Å². The van der Waals surface area contributed by atoms with Crippen LogP contribution in [0.2, 0.25) is 0 Å². The van der Waals surface area contributed by atoms with Crippen LogP contribution in [0.25, 0.3) is 22.3 Å². The molecule has 0 aromatic heterocycles. The molecule has 0 N–H and O–H groups in total. The van der Waals surface area contributed by atoms with Gasteiger partial charge in [0.2, 0.25) is 0 Å². The van der Waals surface area contributed by atoms with Gasteiger partial charge in [0.25, 0.3) is 0 Å². The number of halogens is 2. The van der Waals surface area contributed by atoms with E-state index in [0.29, 0.717) is 13.2 Å². The number of hydrogen-bond donors (Lipinski definition) is 0. The van der Waals surface area contributed by atoms with Crippen LogP contribution in [0, 0.1) is 23.0 Å². The van der Waals surface area contributed by atoms with E-state index in [2.05, 4.69) is 13.8 Å². The number of carbonyl (C=O) groups is 4. The third-order valence-electron chi connectivity index (χ3n) is 16.4. The second-order valence-corrected chi connectivity index (χ2v) is 23.7. The first-order valence-electron chi connectivity index (χ1n) is 33.7. The minimum atomic E-state index is -1.08. The maximum Gasteiger partial charge on any atom is 0.343 e. The van der Waals surface area contributed by atoms with E-state index in [1.165, 1.54) is 184 Å². The first kappa shape index (κ1) is 70.8. The first-order valence-corrected chi connectivity index (χ1v) is 33.7. The van der Waals surface area contributed by atoms with Crippen LogP contribution in [-0.2, 0) is 0 Å². The minimum absolute atomic E-state index is 0.170. The molecule has 0 saturated heterocycles. The van der Waals surface area contributed by atoms with Crippen molar-refractivity contribution >= 4 is 23.9 Å². The van der Waals surface area contributed by atoms with E-state index in [-0.39, 0.29) is 39.3 Å². The van der Waals surface area contributed by atoms with Crippen LogP contribution in [-0.4, -0.2) is 37.1 Å². The molecule has 0 fully saturated rings. The van der Waals surface area contributed by atoms with Gasteiger partial charge in [-0.15, -0.1) is 0 Å². The number of esters is 4. The first-order chi connectivity index (χ1) is 45.0. The second-order valence-electron chi connectivity index (χ2n) is 23.7. The van der Waals surface area contributed by atoms with E-state index in [1.54, 1.807) is 48.5 Å². The van der Waals surface area contributed by atoms with Gasteiger partial charge in [0.1, 0.15) is 23.1 Å². The van der Waals surface area contributed by atoms with E-state index in [9.17, 15) is 24.4 Å². The highest BCUT2D eigenvalue weighted by molar-refractivity contribution is 5.95.